The number of rotatable bonds is 3. The van der Waals surface area contributed by atoms with E-state index in [1.54, 1.807) is 18.5 Å². The number of nitriles is 2. The number of anilines is 1. The van der Waals surface area contributed by atoms with Gasteiger partial charge in [0.05, 0.1) is 18.2 Å². The maximum absolute atomic E-state index is 14.2. The summed E-state index contributed by atoms with van der Waals surface area (Å²) in [6.07, 6.45) is 7.17. The number of aryl methyl sites for hydroxylation is 2. The molecule has 33 heavy (non-hydrogen) atoms. The number of carbonyl (C=O) groups excluding carboxylic acids is 1. The first-order valence-electron chi connectivity index (χ1n) is 10.9. The lowest BCUT2D eigenvalue weighted by molar-refractivity contribution is 0.0950. The second-order valence-corrected chi connectivity index (χ2v) is 8.75. The summed E-state index contributed by atoms with van der Waals surface area (Å²) in [5.74, 6) is -0.765. The zero-order valence-electron chi connectivity index (χ0n) is 18.4. The van der Waals surface area contributed by atoms with Crippen molar-refractivity contribution in [3.63, 3.8) is 0 Å². The Labute approximate surface area is 193 Å². The van der Waals surface area contributed by atoms with Crippen molar-refractivity contribution in [3.05, 3.63) is 101 Å². The van der Waals surface area contributed by atoms with Crippen LogP contribution in [0.25, 0.3) is 6.08 Å². The lowest BCUT2D eigenvalue weighted by atomic mass is 9.69. The van der Waals surface area contributed by atoms with Crippen LogP contribution in [0.4, 0.5) is 5.69 Å². The molecule has 3 heterocycles. The van der Waals surface area contributed by atoms with E-state index in [-0.39, 0.29) is 5.78 Å². The fourth-order valence-corrected chi connectivity index (χ4v) is 5.42. The summed E-state index contributed by atoms with van der Waals surface area (Å²) < 4.78 is 0. The highest BCUT2D eigenvalue weighted by atomic mass is 16.1. The van der Waals surface area contributed by atoms with Gasteiger partial charge < -0.3 is 4.90 Å². The van der Waals surface area contributed by atoms with Crippen molar-refractivity contribution < 1.29 is 4.79 Å². The van der Waals surface area contributed by atoms with Crippen LogP contribution >= 0.6 is 0 Å². The van der Waals surface area contributed by atoms with Crippen molar-refractivity contribution in [1.82, 2.24) is 4.98 Å². The van der Waals surface area contributed by atoms with Gasteiger partial charge in [-0.1, -0.05) is 60.2 Å². The first-order valence-corrected chi connectivity index (χ1v) is 10.9. The number of hydrogen-bond acceptors (Lipinski definition) is 5. The Balaban J connectivity index is 1.79. The van der Waals surface area contributed by atoms with E-state index in [2.05, 4.69) is 17.1 Å². The Morgan fingerprint density at radius 1 is 1.06 bits per heavy atom. The van der Waals surface area contributed by atoms with Crippen LogP contribution < -0.4 is 4.90 Å². The molecular weight excluding hydrogens is 408 g/mol. The number of pyridine rings is 1. The van der Waals surface area contributed by atoms with Gasteiger partial charge in [-0.3, -0.25) is 9.78 Å². The van der Waals surface area contributed by atoms with Gasteiger partial charge in [-0.25, -0.2) is 0 Å². The number of nitrogens with zero attached hydrogens (tertiary/aromatic N) is 4. The molecule has 0 unspecified atom stereocenters. The summed E-state index contributed by atoms with van der Waals surface area (Å²) in [4.78, 5) is 20.5. The van der Waals surface area contributed by atoms with Gasteiger partial charge in [-0.2, -0.15) is 10.5 Å². The standard InChI is InChI=1S/C28H22N4O/c1-18-9-11-22(19(2)14-18)27(33)26-25(21-7-5-13-31-15-21)28(16-29,17-30)24-12-10-20-6-3-4-8-23(20)32(24)26/h3-15,24-26H,1-2H3/t24-,25-,26-/m0/s1. The molecule has 2 aromatic carbocycles. The summed E-state index contributed by atoms with van der Waals surface area (Å²) in [5.41, 5.74) is 3.64. The summed E-state index contributed by atoms with van der Waals surface area (Å²) >= 11 is 0. The second-order valence-electron chi connectivity index (χ2n) is 8.75. The molecule has 0 saturated carbocycles. The number of benzene rings is 2. The summed E-state index contributed by atoms with van der Waals surface area (Å²) in [6, 6.07) is 20.6. The lowest BCUT2D eigenvalue weighted by Gasteiger charge is -2.35. The molecule has 1 fully saturated rings. The van der Waals surface area contributed by atoms with Gasteiger partial charge >= 0.3 is 0 Å². The second kappa shape index (κ2) is 7.73. The smallest absolute Gasteiger partial charge is 0.186 e. The van der Waals surface area contributed by atoms with Gasteiger partial charge in [0, 0.05) is 29.6 Å². The third-order valence-electron chi connectivity index (χ3n) is 6.87. The van der Waals surface area contributed by atoms with Gasteiger partial charge in [0.1, 0.15) is 6.04 Å². The van der Waals surface area contributed by atoms with Gasteiger partial charge in [-0.05, 0) is 42.7 Å². The van der Waals surface area contributed by atoms with Crippen molar-refractivity contribution in [2.24, 2.45) is 5.41 Å². The van der Waals surface area contributed by atoms with Crippen LogP contribution in [-0.4, -0.2) is 22.9 Å². The molecule has 160 valence electrons. The summed E-state index contributed by atoms with van der Waals surface area (Å²) in [7, 11) is 0. The van der Waals surface area contributed by atoms with Gasteiger partial charge in [0.2, 0.25) is 0 Å². The largest absolute Gasteiger partial charge is 0.351 e. The normalized spacial score (nSPS) is 22.1. The van der Waals surface area contributed by atoms with E-state index in [1.807, 2.05) is 79.4 Å². The first kappa shape index (κ1) is 20.7. The fourth-order valence-electron chi connectivity index (χ4n) is 5.42. The minimum atomic E-state index is -1.45. The molecule has 5 heteroatoms. The molecule has 0 N–H and O–H groups in total. The monoisotopic (exact) mass is 430 g/mol. The van der Waals surface area contributed by atoms with E-state index in [4.69, 9.17) is 0 Å². The highest BCUT2D eigenvalue weighted by Gasteiger charge is 2.63. The SMILES string of the molecule is Cc1ccc(C(=O)[C@@H]2[C@H](c3cccnc3)C(C#N)(C#N)[C@@H]3C=Cc4ccccc4N23)c(C)c1. The predicted molar refractivity (Wildman–Crippen MR) is 126 cm³/mol. The number of hydrogen-bond donors (Lipinski definition) is 0. The van der Waals surface area contributed by atoms with Crippen LogP contribution in [0, 0.1) is 41.9 Å². The van der Waals surface area contributed by atoms with E-state index in [9.17, 15) is 15.3 Å². The molecule has 5 rings (SSSR count). The van der Waals surface area contributed by atoms with Crippen LogP contribution in [0.15, 0.2) is 73.1 Å². The fraction of sp³-hybridized carbons (Fsp3) is 0.214. The quantitative estimate of drug-likeness (QED) is 0.547. The van der Waals surface area contributed by atoms with E-state index in [0.717, 1.165) is 22.4 Å². The van der Waals surface area contributed by atoms with Crippen LogP contribution in [0.3, 0.4) is 0 Å². The Bertz CT molecular complexity index is 1350. The van der Waals surface area contributed by atoms with E-state index in [1.165, 1.54) is 0 Å². The zero-order chi connectivity index (χ0) is 23.2. The molecule has 0 amide bonds. The van der Waals surface area contributed by atoms with E-state index >= 15 is 0 Å². The first-order chi connectivity index (χ1) is 16.0. The molecule has 1 aromatic heterocycles. The van der Waals surface area contributed by atoms with E-state index in [0.29, 0.717) is 11.1 Å². The zero-order valence-corrected chi connectivity index (χ0v) is 18.4. The number of ketones is 1. The van der Waals surface area contributed by atoms with Gasteiger partial charge in [0.25, 0.3) is 0 Å². The summed E-state index contributed by atoms with van der Waals surface area (Å²) in [5, 5.41) is 20.9. The molecule has 5 nitrogen and oxygen atoms in total. The van der Waals surface area contributed by atoms with Crippen molar-refractivity contribution in [2.75, 3.05) is 4.90 Å². The van der Waals surface area contributed by atoms with Crippen molar-refractivity contribution >= 4 is 17.5 Å². The minimum Gasteiger partial charge on any atom is -0.351 e. The Morgan fingerprint density at radius 3 is 2.55 bits per heavy atom. The molecule has 0 aliphatic carbocycles. The van der Waals surface area contributed by atoms with Crippen LogP contribution in [0.1, 0.15) is 38.5 Å². The number of fused-ring (bicyclic) bond motifs is 3. The minimum absolute atomic E-state index is 0.0937. The predicted octanol–water partition coefficient (Wildman–Crippen LogP) is 4.98. The van der Waals surface area contributed by atoms with Gasteiger partial charge in [0.15, 0.2) is 11.2 Å². The van der Waals surface area contributed by atoms with Gasteiger partial charge in [-0.15, -0.1) is 0 Å². The van der Waals surface area contributed by atoms with Crippen LogP contribution in [-0.2, 0) is 0 Å². The lowest BCUT2D eigenvalue weighted by Crippen LogP contribution is -2.44. The number of para-hydroxylation sites is 1. The van der Waals surface area contributed by atoms with Crippen molar-refractivity contribution in [1.29, 1.82) is 10.5 Å². The highest BCUT2D eigenvalue weighted by molar-refractivity contribution is 6.05. The number of aromatic nitrogens is 1. The molecule has 2 aliphatic rings. The summed E-state index contributed by atoms with van der Waals surface area (Å²) in [6.45, 7) is 3.92. The average molecular weight is 431 g/mol. The Hall–Kier alpha value is -4.22. The molecule has 0 radical (unpaired) electrons. The van der Waals surface area contributed by atoms with E-state index < -0.39 is 23.4 Å². The Kier molecular flexibility index (Phi) is 4.84. The molecular formula is C28H22N4O. The van der Waals surface area contributed by atoms with Crippen molar-refractivity contribution in [3.8, 4) is 12.1 Å². The third kappa shape index (κ3) is 2.97. The molecule has 3 aromatic rings. The van der Waals surface area contributed by atoms with Crippen LogP contribution in [0.2, 0.25) is 0 Å². The third-order valence-corrected chi connectivity index (χ3v) is 6.87. The van der Waals surface area contributed by atoms with Crippen LogP contribution in [0.5, 0.6) is 0 Å². The molecule has 2 aliphatic heterocycles. The van der Waals surface area contributed by atoms with Crippen molar-refractivity contribution in [2.45, 2.75) is 31.8 Å². The maximum atomic E-state index is 14.2. The molecule has 0 bridgehead atoms. The average Bonchev–Trinajstić information content (AvgIpc) is 3.15. The maximum Gasteiger partial charge on any atom is 0.186 e. The highest BCUT2D eigenvalue weighted by Crippen LogP contribution is 2.55. The molecule has 1 saturated heterocycles. The number of carbonyl (C=O) groups is 1. The number of Topliss-reactive ketones (excluding diaryl/α,β-unsaturated/α-hetero) is 1. The Morgan fingerprint density at radius 2 is 1.85 bits per heavy atom. The topological polar surface area (TPSA) is 80.8 Å². The molecule has 3 atom stereocenters. The molecule has 0 spiro atoms.